The Bertz CT molecular complexity index is 638. The second-order valence-electron chi connectivity index (χ2n) is 5.85. The zero-order valence-electron chi connectivity index (χ0n) is 13.0. The fourth-order valence-electron chi connectivity index (χ4n) is 3.04. The van der Waals surface area contributed by atoms with Crippen LogP contribution in [0.4, 0.5) is 0 Å². The molecule has 1 aromatic carbocycles. The van der Waals surface area contributed by atoms with Crippen molar-refractivity contribution >= 4 is 28.8 Å². The van der Waals surface area contributed by atoms with Crippen LogP contribution in [0.5, 0.6) is 0 Å². The highest BCUT2D eigenvalue weighted by Crippen LogP contribution is 2.27. The third-order valence-electron chi connectivity index (χ3n) is 4.25. The molecular weight excluding hydrogens is 328 g/mol. The molecule has 2 heterocycles. The van der Waals surface area contributed by atoms with Crippen LogP contribution in [0.3, 0.4) is 0 Å². The Morgan fingerprint density at radius 2 is 2.04 bits per heavy atom. The van der Waals surface area contributed by atoms with Gasteiger partial charge in [-0.3, -0.25) is 9.69 Å². The molecule has 1 aliphatic heterocycles. The average molecular weight is 349 g/mol. The van der Waals surface area contributed by atoms with Gasteiger partial charge in [-0.15, -0.1) is 11.3 Å². The lowest BCUT2D eigenvalue weighted by Crippen LogP contribution is -2.40. The highest BCUT2D eigenvalue weighted by atomic mass is 35.5. The Balaban J connectivity index is 1.67. The maximum atomic E-state index is 12.4. The Hall–Kier alpha value is -1.36. The van der Waals surface area contributed by atoms with E-state index in [1.807, 2.05) is 0 Å². The topological polar surface area (TPSA) is 32.3 Å². The Labute approximate surface area is 146 Å². The van der Waals surface area contributed by atoms with Crippen LogP contribution in [0, 0.1) is 0 Å². The van der Waals surface area contributed by atoms with Gasteiger partial charge in [-0.25, -0.2) is 0 Å². The summed E-state index contributed by atoms with van der Waals surface area (Å²) in [7, 11) is 0. The van der Waals surface area contributed by atoms with Gasteiger partial charge in [0.1, 0.15) is 0 Å². The van der Waals surface area contributed by atoms with E-state index in [-0.39, 0.29) is 11.9 Å². The van der Waals surface area contributed by atoms with E-state index in [0.29, 0.717) is 17.1 Å². The van der Waals surface area contributed by atoms with E-state index in [2.05, 4.69) is 27.7 Å². The molecule has 23 heavy (non-hydrogen) atoms. The lowest BCUT2D eigenvalue weighted by Gasteiger charge is -2.34. The molecule has 1 aromatic heterocycles. The van der Waals surface area contributed by atoms with E-state index in [1.165, 1.54) is 24.1 Å². The van der Waals surface area contributed by atoms with E-state index >= 15 is 0 Å². The van der Waals surface area contributed by atoms with Crippen LogP contribution in [0.15, 0.2) is 41.8 Å². The van der Waals surface area contributed by atoms with Crippen molar-refractivity contribution in [2.24, 2.45) is 0 Å². The number of amides is 1. The zero-order valence-corrected chi connectivity index (χ0v) is 14.6. The van der Waals surface area contributed by atoms with E-state index in [1.54, 1.807) is 35.6 Å². The second kappa shape index (κ2) is 7.95. The van der Waals surface area contributed by atoms with Crippen LogP contribution >= 0.6 is 22.9 Å². The molecule has 0 saturated carbocycles. The molecule has 1 amide bonds. The first-order valence-corrected chi connectivity index (χ1v) is 9.31. The molecule has 0 radical (unpaired) electrons. The SMILES string of the molecule is O=C(NC[C@@H](c1cccs1)N1CCCCC1)c1cccc(Cl)c1. The summed E-state index contributed by atoms with van der Waals surface area (Å²) in [6.07, 6.45) is 3.79. The van der Waals surface area contributed by atoms with Crippen LogP contribution < -0.4 is 5.32 Å². The van der Waals surface area contributed by atoms with Crippen LogP contribution in [-0.4, -0.2) is 30.4 Å². The molecule has 1 aliphatic rings. The van der Waals surface area contributed by atoms with Gasteiger partial charge < -0.3 is 5.32 Å². The molecule has 1 atom stereocenters. The Kier molecular flexibility index (Phi) is 5.70. The summed E-state index contributed by atoms with van der Waals surface area (Å²) in [5.74, 6) is -0.0638. The number of likely N-dealkylation sites (tertiary alicyclic amines) is 1. The molecule has 3 rings (SSSR count). The number of benzene rings is 1. The van der Waals surface area contributed by atoms with Crippen LogP contribution in [0.1, 0.15) is 40.5 Å². The number of thiophene rings is 1. The molecule has 1 N–H and O–H groups in total. The first kappa shape index (κ1) is 16.5. The number of piperidine rings is 1. The van der Waals surface area contributed by atoms with Crippen molar-refractivity contribution in [2.75, 3.05) is 19.6 Å². The molecular formula is C18H21ClN2OS. The molecule has 0 bridgehead atoms. The lowest BCUT2D eigenvalue weighted by molar-refractivity contribution is 0.0925. The molecule has 3 nitrogen and oxygen atoms in total. The smallest absolute Gasteiger partial charge is 0.251 e. The summed E-state index contributed by atoms with van der Waals surface area (Å²) >= 11 is 7.73. The van der Waals surface area contributed by atoms with Gasteiger partial charge in [0.25, 0.3) is 5.91 Å². The summed E-state index contributed by atoms with van der Waals surface area (Å²) in [5, 5.41) is 5.77. The lowest BCUT2D eigenvalue weighted by atomic mass is 10.1. The van der Waals surface area contributed by atoms with E-state index in [0.717, 1.165) is 13.1 Å². The van der Waals surface area contributed by atoms with Crippen molar-refractivity contribution in [1.82, 2.24) is 10.2 Å². The van der Waals surface area contributed by atoms with Gasteiger partial charge in [0, 0.05) is 22.0 Å². The number of carbonyl (C=O) groups is 1. The number of halogens is 1. The first-order valence-electron chi connectivity index (χ1n) is 8.05. The van der Waals surface area contributed by atoms with Gasteiger partial charge in [0.05, 0.1) is 6.04 Å². The number of hydrogen-bond donors (Lipinski definition) is 1. The highest BCUT2D eigenvalue weighted by Gasteiger charge is 2.23. The number of carbonyl (C=O) groups excluding carboxylic acids is 1. The largest absolute Gasteiger partial charge is 0.350 e. The summed E-state index contributed by atoms with van der Waals surface area (Å²) in [4.78, 5) is 16.2. The predicted octanol–water partition coefficient (Wildman–Crippen LogP) is 4.36. The van der Waals surface area contributed by atoms with Crippen molar-refractivity contribution in [3.8, 4) is 0 Å². The standard InChI is InChI=1S/C18H21ClN2OS/c19-15-7-4-6-14(12-15)18(22)20-13-16(17-8-5-11-23-17)21-9-2-1-3-10-21/h4-8,11-12,16H,1-3,9-10,13H2,(H,20,22)/t16-/m0/s1. The van der Waals surface area contributed by atoms with E-state index in [4.69, 9.17) is 11.6 Å². The van der Waals surface area contributed by atoms with Crippen LogP contribution in [-0.2, 0) is 0 Å². The number of hydrogen-bond acceptors (Lipinski definition) is 3. The fourth-order valence-corrected chi connectivity index (χ4v) is 4.09. The zero-order chi connectivity index (χ0) is 16.1. The average Bonchev–Trinajstić information content (AvgIpc) is 3.10. The molecule has 2 aromatic rings. The van der Waals surface area contributed by atoms with Gasteiger partial charge >= 0.3 is 0 Å². The fraction of sp³-hybridized carbons (Fsp3) is 0.389. The maximum absolute atomic E-state index is 12.4. The molecule has 1 fully saturated rings. The van der Waals surface area contributed by atoms with Gasteiger partial charge in [0.15, 0.2) is 0 Å². The number of nitrogens with one attached hydrogen (secondary N) is 1. The van der Waals surface area contributed by atoms with Crippen molar-refractivity contribution in [3.63, 3.8) is 0 Å². The predicted molar refractivity (Wildman–Crippen MR) is 96.3 cm³/mol. The van der Waals surface area contributed by atoms with Crippen LogP contribution in [0.2, 0.25) is 5.02 Å². The third kappa shape index (κ3) is 4.34. The Morgan fingerprint density at radius 1 is 1.22 bits per heavy atom. The normalized spacial score (nSPS) is 16.9. The number of rotatable bonds is 5. The quantitative estimate of drug-likeness (QED) is 0.870. The third-order valence-corrected chi connectivity index (χ3v) is 5.45. The minimum atomic E-state index is -0.0638. The molecule has 122 valence electrons. The summed E-state index contributed by atoms with van der Waals surface area (Å²) in [6.45, 7) is 2.84. The first-order chi connectivity index (χ1) is 11.2. The Morgan fingerprint density at radius 3 is 2.74 bits per heavy atom. The minimum Gasteiger partial charge on any atom is -0.350 e. The van der Waals surface area contributed by atoms with Crippen molar-refractivity contribution in [3.05, 3.63) is 57.2 Å². The molecule has 0 aliphatic carbocycles. The summed E-state index contributed by atoms with van der Waals surface area (Å²) in [5.41, 5.74) is 0.612. The molecule has 5 heteroatoms. The summed E-state index contributed by atoms with van der Waals surface area (Å²) in [6, 6.07) is 11.6. The van der Waals surface area contributed by atoms with E-state index in [9.17, 15) is 4.79 Å². The summed E-state index contributed by atoms with van der Waals surface area (Å²) < 4.78 is 0. The second-order valence-corrected chi connectivity index (χ2v) is 7.26. The minimum absolute atomic E-state index is 0.0638. The highest BCUT2D eigenvalue weighted by molar-refractivity contribution is 7.10. The maximum Gasteiger partial charge on any atom is 0.251 e. The number of nitrogens with zero attached hydrogens (tertiary/aromatic N) is 1. The van der Waals surface area contributed by atoms with Gasteiger partial charge in [-0.1, -0.05) is 30.2 Å². The van der Waals surface area contributed by atoms with Crippen LogP contribution in [0.25, 0.3) is 0 Å². The monoisotopic (exact) mass is 348 g/mol. The van der Waals surface area contributed by atoms with E-state index < -0.39 is 0 Å². The van der Waals surface area contributed by atoms with Gasteiger partial charge in [-0.05, 0) is 55.6 Å². The van der Waals surface area contributed by atoms with Gasteiger partial charge in [-0.2, -0.15) is 0 Å². The molecule has 0 spiro atoms. The molecule has 0 unspecified atom stereocenters. The van der Waals surface area contributed by atoms with Crippen molar-refractivity contribution < 1.29 is 4.79 Å². The van der Waals surface area contributed by atoms with Crippen molar-refractivity contribution in [2.45, 2.75) is 25.3 Å². The van der Waals surface area contributed by atoms with Crippen molar-refractivity contribution in [1.29, 1.82) is 0 Å². The van der Waals surface area contributed by atoms with Gasteiger partial charge in [0.2, 0.25) is 0 Å². The molecule has 1 saturated heterocycles.